The Morgan fingerprint density at radius 1 is 0.531 bits per heavy atom. The summed E-state index contributed by atoms with van der Waals surface area (Å²) in [6, 6.07) is -6.53. The van der Waals surface area contributed by atoms with Gasteiger partial charge >= 0.3 is 11.9 Å². The van der Waals surface area contributed by atoms with Crippen LogP contribution in [-0.2, 0) is 64.0 Å². The third-order valence-electron chi connectivity index (χ3n) is 12.1. The topological polar surface area (TPSA) is 569 Å². The van der Waals surface area contributed by atoms with Gasteiger partial charge in [-0.2, -0.15) is 0 Å². The van der Waals surface area contributed by atoms with Gasteiger partial charge in [-0.1, -0.05) is 46.2 Å². The molecule has 9 atom stereocenters. The van der Waals surface area contributed by atoms with Gasteiger partial charge in [0, 0.05) is 32.4 Å². The first-order valence-corrected chi connectivity index (χ1v) is 26.0. The lowest BCUT2D eigenvalue weighted by Gasteiger charge is -2.28. The summed E-state index contributed by atoms with van der Waals surface area (Å²) < 4.78 is 0. The summed E-state index contributed by atoms with van der Waals surface area (Å²) in [4.78, 5) is 165. The van der Waals surface area contributed by atoms with Gasteiger partial charge in [0.1, 0.15) is 48.0 Å². The van der Waals surface area contributed by atoms with Crippen LogP contribution in [0.2, 0.25) is 0 Å². The second-order valence-electron chi connectivity index (χ2n) is 19.5. The Morgan fingerprint density at radius 2 is 0.975 bits per heavy atom. The van der Waals surface area contributed by atoms with E-state index in [1.54, 1.807) is 27.7 Å². The van der Waals surface area contributed by atoms with E-state index in [0.29, 0.717) is 12.0 Å². The Hall–Kier alpha value is -8.84. The molecule has 0 bridgehead atoms. The normalized spacial score (nSPS) is 14.2. The van der Waals surface area contributed by atoms with Gasteiger partial charge < -0.3 is 98.0 Å². The highest BCUT2D eigenvalue weighted by Crippen LogP contribution is 2.14. The van der Waals surface area contributed by atoms with Crippen LogP contribution in [0.25, 0.3) is 0 Å². The Morgan fingerprint density at radius 3 is 1.46 bits per heavy atom. The number of nitrogens with two attached hydrogens (primary N) is 7. The number of carbonyl (C=O) groups excluding carboxylic acids is 10. The molecule has 0 unspecified atom stereocenters. The number of carboxylic acid groups (broad SMARTS) is 2. The number of phenolic OH excluding ortho intramolecular Hbond substituents is 1. The summed E-state index contributed by atoms with van der Waals surface area (Å²) in [5, 5.41) is 48.4. The predicted molar refractivity (Wildman–Crippen MR) is 292 cm³/mol. The first-order chi connectivity index (χ1) is 37.9. The third-order valence-corrected chi connectivity index (χ3v) is 12.1. The van der Waals surface area contributed by atoms with E-state index >= 15 is 0 Å². The van der Waals surface area contributed by atoms with Crippen molar-refractivity contribution in [3.63, 3.8) is 0 Å². The fraction of sp³-hybridized carbons (Fsp3) is 0.592. The second-order valence-corrected chi connectivity index (χ2v) is 19.5. The molecule has 32 heteroatoms. The lowest BCUT2D eigenvalue weighted by Crippen LogP contribution is -2.60. The fourth-order valence-corrected chi connectivity index (χ4v) is 7.49. The first kappa shape index (κ1) is 70.2. The molecular weight excluding hydrogens is 1070 g/mol. The highest BCUT2D eigenvalue weighted by molar-refractivity contribution is 5.99. The Labute approximate surface area is 467 Å². The van der Waals surface area contributed by atoms with Crippen LogP contribution < -0.4 is 82.7 Å². The number of guanidine groups is 2. The van der Waals surface area contributed by atoms with E-state index < -0.39 is 152 Å². The Kier molecular flexibility index (Phi) is 31.5. The van der Waals surface area contributed by atoms with E-state index in [2.05, 4.69) is 52.5 Å². The van der Waals surface area contributed by atoms with Crippen molar-refractivity contribution in [2.24, 2.45) is 62.0 Å². The number of benzene rings is 1. The van der Waals surface area contributed by atoms with Gasteiger partial charge in [0.2, 0.25) is 59.1 Å². The standard InChI is InChI=1S/C49H81N17O15/c1-5-25(4)39(52)46(79)63-29(14-16-35(50)68)42(75)66-34(22-36(51)69)45(78)65-32(20-24(2)3)43(76)62-30(15-17-38(71)72)41(74)61-28(8-6-18-57-48(53)54)40(73)59-23-37(70)60-33(21-26-10-12-27(67)13-11-26)44(77)64-31(47(80)81)9-7-19-58-49(55)56/h10-13,24-25,28-34,39,67H,5-9,14-23,52H2,1-4H3,(H2,50,68)(H2,51,69)(H,59,73)(H,60,70)(H,61,74)(H,62,76)(H,63,79)(H,64,77)(H,65,78)(H,66,75)(H,71,72)(H,80,81)(H4,53,54,57)(H4,55,56,58)/t25-,28-,29-,30-,31-,32-,33-,34-,39-/m0/s1. The predicted octanol–water partition coefficient (Wildman–Crippen LogP) is -5.94. The molecule has 0 saturated heterocycles. The van der Waals surface area contributed by atoms with Crippen LogP contribution in [0, 0.1) is 11.8 Å². The SMILES string of the molecule is CC[C@H](C)[C@H](N)C(=O)N[C@@H](CCC(N)=O)C(=O)N[C@@H](CC(N)=O)C(=O)N[C@@H](CC(C)C)C(=O)N[C@@H](CCC(=O)O)C(=O)N[C@@H](CCCN=C(N)N)C(=O)NCC(=O)N[C@@H](Cc1ccc(O)cc1)C(=O)N[C@@H](CCCN=C(N)N)C(=O)O. The smallest absolute Gasteiger partial charge is 0.326 e. The zero-order valence-electron chi connectivity index (χ0n) is 45.9. The number of aliphatic imine (C=N–C) groups is 2. The Bertz CT molecular complexity index is 2400. The average Bonchev–Trinajstić information content (AvgIpc) is 3.40. The quantitative estimate of drug-likeness (QED) is 0.0166. The van der Waals surface area contributed by atoms with Crippen molar-refractivity contribution in [3.05, 3.63) is 29.8 Å². The van der Waals surface area contributed by atoms with Crippen molar-refractivity contribution in [1.29, 1.82) is 0 Å². The molecule has 0 radical (unpaired) electrons. The van der Waals surface area contributed by atoms with Gasteiger partial charge in [-0.25, -0.2) is 4.79 Å². The number of rotatable bonds is 39. The molecule has 0 spiro atoms. The maximum Gasteiger partial charge on any atom is 0.326 e. The van der Waals surface area contributed by atoms with Gasteiger partial charge in [0.05, 0.1) is 19.0 Å². The molecule has 25 N–H and O–H groups in total. The van der Waals surface area contributed by atoms with E-state index in [0.717, 1.165) is 0 Å². The van der Waals surface area contributed by atoms with Crippen LogP contribution >= 0.6 is 0 Å². The molecule has 1 aromatic rings. The molecule has 0 heterocycles. The first-order valence-electron chi connectivity index (χ1n) is 26.0. The second kappa shape index (κ2) is 36.4. The summed E-state index contributed by atoms with van der Waals surface area (Å²) in [5.74, 6) is -14.1. The highest BCUT2D eigenvalue weighted by Gasteiger charge is 2.35. The largest absolute Gasteiger partial charge is 0.508 e. The number of amides is 10. The number of carboxylic acids is 2. The summed E-state index contributed by atoms with van der Waals surface area (Å²) in [6.45, 7) is 5.95. The van der Waals surface area contributed by atoms with Gasteiger partial charge in [0.15, 0.2) is 11.9 Å². The van der Waals surface area contributed by atoms with Crippen molar-refractivity contribution in [1.82, 2.24) is 42.5 Å². The van der Waals surface area contributed by atoms with E-state index in [1.807, 2.05) is 0 Å². The molecule has 0 fully saturated rings. The summed E-state index contributed by atoms with van der Waals surface area (Å²) >= 11 is 0. The number of aromatic hydroxyl groups is 1. The lowest BCUT2D eigenvalue weighted by atomic mass is 9.98. The number of carbonyl (C=O) groups is 12. The molecule has 81 heavy (non-hydrogen) atoms. The number of hydrogen-bond acceptors (Lipinski definition) is 16. The summed E-state index contributed by atoms with van der Waals surface area (Å²) in [6.07, 6.45) is -2.90. The van der Waals surface area contributed by atoms with Crippen LogP contribution in [0.1, 0.15) is 104 Å². The van der Waals surface area contributed by atoms with Gasteiger partial charge in [-0.05, 0) is 74.5 Å². The number of primary amides is 2. The number of hydrogen-bond donors (Lipinski definition) is 18. The molecule has 0 saturated carbocycles. The van der Waals surface area contributed by atoms with E-state index in [4.69, 9.17) is 40.1 Å². The third kappa shape index (κ3) is 29.1. The number of nitrogens with one attached hydrogen (secondary N) is 8. The van der Waals surface area contributed by atoms with Crippen molar-refractivity contribution in [3.8, 4) is 5.75 Å². The van der Waals surface area contributed by atoms with Crippen LogP contribution in [0.5, 0.6) is 5.75 Å². The maximum atomic E-state index is 14.1. The molecule has 10 amide bonds. The number of aliphatic carboxylic acids is 2. The average molecular weight is 1150 g/mol. The molecule has 452 valence electrons. The minimum atomic E-state index is -1.79. The van der Waals surface area contributed by atoms with E-state index in [1.165, 1.54) is 24.3 Å². The van der Waals surface area contributed by atoms with Crippen molar-refractivity contribution < 1.29 is 72.9 Å². The van der Waals surface area contributed by atoms with Crippen LogP contribution in [0.15, 0.2) is 34.3 Å². The van der Waals surface area contributed by atoms with E-state index in [9.17, 15) is 72.9 Å². The summed E-state index contributed by atoms with van der Waals surface area (Å²) in [7, 11) is 0. The summed E-state index contributed by atoms with van der Waals surface area (Å²) in [5.41, 5.74) is 38.7. The Balaban J connectivity index is 3.50. The molecule has 32 nitrogen and oxygen atoms in total. The van der Waals surface area contributed by atoms with Gasteiger partial charge in [-0.3, -0.25) is 62.7 Å². The minimum Gasteiger partial charge on any atom is -0.508 e. The zero-order chi connectivity index (χ0) is 61.5. The van der Waals surface area contributed by atoms with Gasteiger partial charge in [-0.15, -0.1) is 0 Å². The van der Waals surface area contributed by atoms with E-state index in [-0.39, 0.29) is 87.5 Å². The molecule has 0 aliphatic carbocycles. The number of nitrogens with zero attached hydrogens (tertiary/aromatic N) is 2. The molecular formula is C49H81N17O15. The number of phenols is 1. The van der Waals surface area contributed by atoms with Crippen LogP contribution in [-0.4, -0.2) is 166 Å². The molecule has 0 aliphatic heterocycles. The van der Waals surface area contributed by atoms with Gasteiger partial charge in [0.25, 0.3) is 0 Å². The minimum absolute atomic E-state index is 0.0234. The van der Waals surface area contributed by atoms with Crippen molar-refractivity contribution >= 4 is 82.9 Å². The monoisotopic (exact) mass is 1150 g/mol. The highest BCUT2D eigenvalue weighted by atomic mass is 16.4. The van der Waals surface area contributed by atoms with Crippen molar-refractivity contribution in [2.75, 3.05) is 19.6 Å². The molecule has 0 aromatic heterocycles. The lowest BCUT2D eigenvalue weighted by molar-refractivity contribution is -0.142. The molecule has 1 aromatic carbocycles. The van der Waals surface area contributed by atoms with Crippen LogP contribution in [0.3, 0.4) is 0 Å². The fourth-order valence-electron chi connectivity index (χ4n) is 7.49. The molecule has 0 aliphatic rings. The zero-order valence-corrected chi connectivity index (χ0v) is 45.9. The van der Waals surface area contributed by atoms with Crippen LogP contribution in [0.4, 0.5) is 0 Å². The molecule has 1 rings (SSSR count). The van der Waals surface area contributed by atoms with Crippen molar-refractivity contribution in [2.45, 2.75) is 153 Å². The maximum absolute atomic E-state index is 14.1.